The number of nitrogens with zero attached hydrogens (tertiary/aromatic N) is 2. The first-order valence-corrected chi connectivity index (χ1v) is 6.61. The van der Waals surface area contributed by atoms with E-state index < -0.39 is 18.1 Å². The van der Waals surface area contributed by atoms with Gasteiger partial charge in [-0.3, -0.25) is 9.78 Å². The van der Waals surface area contributed by atoms with E-state index in [9.17, 15) is 14.7 Å². The van der Waals surface area contributed by atoms with Crippen LogP contribution in [0.5, 0.6) is 0 Å². The standard InChI is InChI=1S/C14H18N2O4/c1-3-6-16-11(17)8-20-13(14(18)19)12(16)10-5-4-9(2)15-7-10/h4-5,7,12-13H,3,6,8H2,1-2H3,(H,18,19). The first kappa shape index (κ1) is 14.5. The van der Waals surface area contributed by atoms with Crippen LogP contribution in [0.3, 0.4) is 0 Å². The molecule has 0 aliphatic carbocycles. The lowest BCUT2D eigenvalue weighted by atomic mass is 9.98. The second-order valence-corrected chi connectivity index (χ2v) is 4.83. The van der Waals surface area contributed by atoms with Crippen LogP contribution in [-0.4, -0.2) is 46.1 Å². The molecular formula is C14H18N2O4. The van der Waals surface area contributed by atoms with E-state index in [1.807, 2.05) is 13.8 Å². The molecule has 1 N–H and O–H groups in total. The van der Waals surface area contributed by atoms with E-state index in [4.69, 9.17) is 4.74 Å². The minimum atomic E-state index is -1.07. The van der Waals surface area contributed by atoms with E-state index in [0.717, 1.165) is 12.1 Å². The molecule has 1 saturated heterocycles. The Hall–Kier alpha value is -1.95. The molecule has 2 unspecified atom stereocenters. The van der Waals surface area contributed by atoms with Gasteiger partial charge in [-0.05, 0) is 25.0 Å². The van der Waals surface area contributed by atoms with Gasteiger partial charge in [-0.15, -0.1) is 0 Å². The molecule has 1 aliphatic rings. The van der Waals surface area contributed by atoms with Crippen molar-refractivity contribution < 1.29 is 19.4 Å². The van der Waals surface area contributed by atoms with Crippen molar-refractivity contribution in [1.29, 1.82) is 0 Å². The molecule has 20 heavy (non-hydrogen) atoms. The van der Waals surface area contributed by atoms with E-state index in [2.05, 4.69) is 4.98 Å². The molecule has 1 aromatic rings. The molecule has 6 nitrogen and oxygen atoms in total. The fraction of sp³-hybridized carbons (Fsp3) is 0.500. The topological polar surface area (TPSA) is 79.7 Å². The predicted molar refractivity (Wildman–Crippen MR) is 71.1 cm³/mol. The molecule has 0 bridgehead atoms. The number of aliphatic carboxylic acids is 1. The van der Waals surface area contributed by atoms with Gasteiger partial charge in [-0.1, -0.05) is 13.0 Å². The monoisotopic (exact) mass is 278 g/mol. The van der Waals surface area contributed by atoms with Gasteiger partial charge in [0.2, 0.25) is 5.91 Å². The summed E-state index contributed by atoms with van der Waals surface area (Å²) in [5.41, 5.74) is 1.52. The van der Waals surface area contributed by atoms with Gasteiger partial charge in [0.25, 0.3) is 0 Å². The van der Waals surface area contributed by atoms with Gasteiger partial charge in [-0.25, -0.2) is 4.79 Å². The van der Waals surface area contributed by atoms with E-state index in [-0.39, 0.29) is 12.5 Å². The van der Waals surface area contributed by atoms with Crippen molar-refractivity contribution in [1.82, 2.24) is 9.88 Å². The van der Waals surface area contributed by atoms with Crippen molar-refractivity contribution in [3.63, 3.8) is 0 Å². The maximum Gasteiger partial charge on any atom is 0.335 e. The lowest BCUT2D eigenvalue weighted by Crippen LogP contribution is -2.52. The average molecular weight is 278 g/mol. The predicted octanol–water partition coefficient (Wildman–Crippen LogP) is 1.15. The second kappa shape index (κ2) is 6.00. The number of pyridine rings is 1. The maximum absolute atomic E-state index is 12.0. The summed E-state index contributed by atoms with van der Waals surface area (Å²) in [6.45, 7) is 4.12. The Morgan fingerprint density at radius 2 is 2.30 bits per heavy atom. The fourth-order valence-corrected chi connectivity index (χ4v) is 2.37. The van der Waals surface area contributed by atoms with Gasteiger partial charge in [0.05, 0.1) is 6.04 Å². The Morgan fingerprint density at radius 1 is 1.55 bits per heavy atom. The molecule has 1 aromatic heterocycles. The SMILES string of the molecule is CCCN1C(=O)COC(C(=O)O)C1c1ccc(C)nc1. The lowest BCUT2D eigenvalue weighted by molar-refractivity contribution is -0.173. The van der Waals surface area contributed by atoms with Crippen LogP contribution in [0.15, 0.2) is 18.3 Å². The molecular weight excluding hydrogens is 260 g/mol. The summed E-state index contributed by atoms with van der Waals surface area (Å²) < 4.78 is 5.21. The van der Waals surface area contributed by atoms with Gasteiger partial charge in [0.1, 0.15) is 6.61 Å². The van der Waals surface area contributed by atoms with E-state index >= 15 is 0 Å². The molecule has 2 rings (SSSR count). The largest absolute Gasteiger partial charge is 0.479 e. The molecule has 1 aliphatic heterocycles. The highest BCUT2D eigenvalue weighted by atomic mass is 16.5. The number of aryl methyl sites for hydroxylation is 1. The summed E-state index contributed by atoms with van der Waals surface area (Å²) >= 11 is 0. The average Bonchev–Trinajstić information content (AvgIpc) is 2.42. The zero-order chi connectivity index (χ0) is 14.7. The zero-order valence-corrected chi connectivity index (χ0v) is 11.6. The highest BCUT2D eigenvalue weighted by Gasteiger charge is 2.41. The molecule has 2 heterocycles. The lowest BCUT2D eigenvalue weighted by Gasteiger charge is -2.39. The summed E-state index contributed by atoms with van der Waals surface area (Å²) in [5.74, 6) is -1.25. The first-order chi connectivity index (χ1) is 9.54. The van der Waals surface area contributed by atoms with Gasteiger partial charge in [-0.2, -0.15) is 0 Å². The van der Waals surface area contributed by atoms with Crippen LogP contribution in [0.25, 0.3) is 0 Å². The van der Waals surface area contributed by atoms with E-state index in [0.29, 0.717) is 12.1 Å². The molecule has 1 amide bonds. The Balaban J connectivity index is 2.39. The van der Waals surface area contributed by atoms with Crippen molar-refractivity contribution >= 4 is 11.9 Å². The number of carbonyl (C=O) groups is 2. The summed E-state index contributed by atoms with van der Waals surface area (Å²) in [6, 6.07) is 2.98. The summed E-state index contributed by atoms with van der Waals surface area (Å²) in [6.07, 6.45) is 1.32. The van der Waals surface area contributed by atoms with Crippen LogP contribution < -0.4 is 0 Å². The third-order valence-electron chi connectivity index (χ3n) is 3.31. The number of carboxylic acids is 1. The number of aromatic nitrogens is 1. The number of morpholine rings is 1. The number of rotatable bonds is 4. The summed E-state index contributed by atoms with van der Waals surface area (Å²) in [4.78, 5) is 29.1. The summed E-state index contributed by atoms with van der Waals surface area (Å²) in [7, 11) is 0. The van der Waals surface area contributed by atoms with Crippen molar-refractivity contribution in [2.45, 2.75) is 32.4 Å². The number of carbonyl (C=O) groups excluding carboxylic acids is 1. The van der Waals surface area contributed by atoms with Crippen molar-refractivity contribution in [2.24, 2.45) is 0 Å². The molecule has 108 valence electrons. The van der Waals surface area contributed by atoms with Crippen LogP contribution in [-0.2, 0) is 14.3 Å². The zero-order valence-electron chi connectivity index (χ0n) is 11.6. The van der Waals surface area contributed by atoms with Crippen molar-refractivity contribution in [2.75, 3.05) is 13.2 Å². The Kier molecular flexibility index (Phi) is 4.34. The number of hydrogen-bond acceptors (Lipinski definition) is 4. The Bertz CT molecular complexity index is 500. The minimum absolute atomic E-state index is 0.185. The first-order valence-electron chi connectivity index (χ1n) is 6.61. The number of hydrogen-bond donors (Lipinski definition) is 1. The van der Waals surface area contributed by atoms with Crippen LogP contribution in [0.1, 0.15) is 30.6 Å². The van der Waals surface area contributed by atoms with Crippen LogP contribution in [0.2, 0.25) is 0 Å². The molecule has 0 saturated carbocycles. The van der Waals surface area contributed by atoms with Gasteiger partial charge in [0, 0.05) is 18.4 Å². The Labute approximate surface area is 117 Å². The fourth-order valence-electron chi connectivity index (χ4n) is 2.37. The smallest absolute Gasteiger partial charge is 0.335 e. The minimum Gasteiger partial charge on any atom is -0.479 e. The quantitative estimate of drug-likeness (QED) is 0.893. The molecule has 6 heteroatoms. The van der Waals surface area contributed by atoms with E-state index in [1.165, 1.54) is 0 Å². The third-order valence-corrected chi connectivity index (χ3v) is 3.31. The van der Waals surface area contributed by atoms with Crippen LogP contribution in [0.4, 0.5) is 0 Å². The van der Waals surface area contributed by atoms with E-state index in [1.54, 1.807) is 23.2 Å². The molecule has 0 aromatic carbocycles. The Morgan fingerprint density at radius 3 is 2.85 bits per heavy atom. The second-order valence-electron chi connectivity index (χ2n) is 4.83. The highest BCUT2D eigenvalue weighted by molar-refractivity contribution is 5.82. The molecule has 0 radical (unpaired) electrons. The third kappa shape index (κ3) is 2.80. The van der Waals surface area contributed by atoms with Crippen molar-refractivity contribution in [3.05, 3.63) is 29.6 Å². The van der Waals surface area contributed by atoms with Crippen LogP contribution in [0, 0.1) is 6.92 Å². The molecule has 0 spiro atoms. The van der Waals surface area contributed by atoms with Gasteiger partial charge in [0.15, 0.2) is 6.10 Å². The molecule has 2 atom stereocenters. The number of carboxylic acid groups (broad SMARTS) is 1. The maximum atomic E-state index is 12.0. The van der Waals surface area contributed by atoms with Crippen molar-refractivity contribution in [3.8, 4) is 0 Å². The van der Waals surface area contributed by atoms with Gasteiger partial charge >= 0.3 is 5.97 Å². The highest BCUT2D eigenvalue weighted by Crippen LogP contribution is 2.30. The number of amides is 1. The molecule has 1 fully saturated rings. The van der Waals surface area contributed by atoms with Crippen LogP contribution >= 0.6 is 0 Å². The number of ether oxygens (including phenoxy) is 1. The summed E-state index contributed by atoms with van der Waals surface area (Å²) in [5, 5.41) is 9.31. The van der Waals surface area contributed by atoms with Gasteiger partial charge < -0.3 is 14.7 Å². The normalized spacial score (nSPS) is 22.9.